The van der Waals surface area contributed by atoms with E-state index in [0.717, 1.165) is 30.8 Å². The Morgan fingerprint density at radius 3 is 2.63 bits per heavy atom. The van der Waals surface area contributed by atoms with Crippen LogP contribution in [0, 0.1) is 0 Å². The molecule has 1 atom stereocenters. The van der Waals surface area contributed by atoms with Crippen LogP contribution in [0.1, 0.15) is 30.7 Å². The van der Waals surface area contributed by atoms with E-state index in [0.29, 0.717) is 0 Å². The zero-order valence-electron chi connectivity index (χ0n) is 11.1. The van der Waals surface area contributed by atoms with Crippen molar-refractivity contribution in [2.24, 2.45) is 5.73 Å². The lowest BCUT2D eigenvalue weighted by molar-refractivity contribution is 0.221. The van der Waals surface area contributed by atoms with Gasteiger partial charge in [0, 0.05) is 12.4 Å². The van der Waals surface area contributed by atoms with E-state index in [1.54, 1.807) is 18.6 Å². The highest BCUT2D eigenvalue weighted by molar-refractivity contribution is 5.27. The highest BCUT2D eigenvalue weighted by Gasteiger charge is 2.08. The number of nitrogens with two attached hydrogens (primary N) is 1. The topological polar surface area (TPSA) is 61.0 Å². The summed E-state index contributed by atoms with van der Waals surface area (Å²) in [6.45, 7) is 2.69. The molecule has 0 bridgehead atoms. The SMILES string of the molecule is CC(Oc1ccc(CCCN)cc1)c1cnccn1. The number of ether oxygens (including phenoxy) is 1. The van der Waals surface area contributed by atoms with Crippen LogP contribution in [0.2, 0.25) is 0 Å². The monoisotopic (exact) mass is 257 g/mol. The molecule has 2 rings (SSSR count). The van der Waals surface area contributed by atoms with Gasteiger partial charge in [-0.05, 0) is 44.0 Å². The summed E-state index contributed by atoms with van der Waals surface area (Å²) in [5, 5.41) is 0. The van der Waals surface area contributed by atoms with Gasteiger partial charge < -0.3 is 10.5 Å². The predicted octanol–water partition coefficient (Wildman–Crippen LogP) is 2.51. The Kier molecular flexibility index (Phi) is 4.86. The first-order chi connectivity index (χ1) is 9.29. The highest BCUT2D eigenvalue weighted by atomic mass is 16.5. The van der Waals surface area contributed by atoms with Crippen LogP contribution < -0.4 is 10.5 Å². The summed E-state index contributed by atoms with van der Waals surface area (Å²) in [4.78, 5) is 8.27. The Balaban J connectivity index is 1.96. The molecule has 1 aromatic heterocycles. The molecule has 100 valence electrons. The molecular weight excluding hydrogens is 238 g/mol. The summed E-state index contributed by atoms with van der Waals surface area (Å²) in [6, 6.07) is 8.13. The first-order valence-corrected chi connectivity index (χ1v) is 6.51. The fourth-order valence-electron chi connectivity index (χ4n) is 1.83. The van der Waals surface area contributed by atoms with E-state index < -0.39 is 0 Å². The van der Waals surface area contributed by atoms with Crippen LogP contribution in [0.4, 0.5) is 0 Å². The molecule has 2 N–H and O–H groups in total. The molecule has 0 aliphatic heterocycles. The van der Waals surface area contributed by atoms with Crippen molar-refractivity contribution in [2.45, 2.75) is 25.9 Å². The summed E-state index contributed by atoms with van der Waals surface area (Å²) in [7, 11) is 0. The second kappa shape index (κ2) is 6.85. The van der Waals surface area contributed by atoms with Crippen LogP contribution in [-0.4, -0.2) is 16.5 Å². The maximum absolute atomic E-state index is 5.83. The second-order valence-corrected chi connectivity index (χ2v) is 4.43. The molecule has 19 heavy (non-hydrogen) atoms. The van der Waals surface area contributed by atoms with Crippen molar-refractivity contribution >= 4 is 0 Å². The van der Waals surface area contributed by atoms with Gasteiger partial charge in [0.25, 0.3) is 0 Å². The molecule has 0 aliphatic rings. The van der Waals surface area contributed by atoms with Gasteiger partial charge >= 0.3 is 0 Å². The zero-order chi connectivity index (χ0) is 13.5. The summed E-state index contributed by atoms with van der Waals surface area (Å²) >= 11 is 0. The molecule has 1 aromatic carbocycles. The van der Waals surface area contributed by atoms with E-state index in [-0.39, 0.29) is 6.10 Å². The summed E-state index contributed by atoms with van der Waals surface area (Å²) in [5.41, 5.74) is 7.61. The Morgan fingerprint density at radius 2 is 2.00 bits per heavy atom. The normalized spacial score (nSPS) is 12.1. The Labute approximate surface area is 113 Å². The van der Waals surface area contributed by atoms with Crippen molar-refractivity contribution in [1.82, 2.24) is 9.97 Å². The van der Waals surface area contributed by atoms with Crippen LogP contribution in [0.3, 0.4) is 0 Å². The lowest BCUT2D eigenvalue weighted by Crippen LogP contribution is -2.05. The fraction of sp³-hybridized carbons (Fsp3) is 0.333. The molecule has 1 heterocycles. The Hall–Kier alpha value is -1.94. The van der Waals surface area contributed by atoms with Crippen LogP contribution in [0.5, 0.6) is 5.75 Å². The minimum absolute atomic E-state index is 0.108. The van der Waals surface area contributed by atoms with Gasteiger partial charge in [-0.3, -0.25) is 9.97 Å². The van der Waals surface area contributed by atoms with Gasteiger partial charge in [-0.2, -0.15) is 0 Å². The average Bonchev–Trinajstić information content (AvgIpc) is 2.47. The van der Waals surface area contributed by atoms with Crippen molar-refractivity contribution in [2.75, 3.05) is 6.54 Å². The van der Waals surface area contributed by atoms with E-state index in [4.69, 9.17) is 10.5 Å². The van der Waals surface area contributed by atoms with Crippen molar-refractivity contribution in [3.05, 3.63) is 54.1 Å². The van der Waals surface area contributed by atoms with Gasteiger partial charge in [0.1, 0.15) is 11.9 Å². The maximum Gasteiger partial charge on any atom is 0.139 e. The van der Waals surface area contributed by atoms with E-state index in [1.165, 1.54) is 5.56 Å². The number of benzene rings is 1. The molecule has 0 radical (unpaired) electrons. The van der Waals surface area contributed by atoms with E-state index in [1.807, 2.05) is 19.1 Å². The van der Waals surface area contributed by atoms with Crippen molar-refractivity contribution in [3.8, 4) is 5.75 Å². The largest absolute Gasteiger partial charge is 0.484 e. The van der Waals surface area contributed by atoms with Crippen molar-refractivity contribution in [3.63, 3.8) is 0 Å². The Morgan fingerprint density at radius 1 is 1.21 bits per heavy atom. The van der Waals surface area contributed by atoms with Gasteiger partial charge in [-0.1, -0.05) is 12.1 Å². The molecule has 1 unspecified atom stereocenters. The van der Waals surface area contributed by atoms with Gasteiger partial charge in [0.15, 0.2) is 0 Å². The molecule has 4 nitrogen and oxygen atoms in total. The first kappa shape index (κ1) is 13.5. The molecule has 0 aliphatic carbocycles. The average molecular weight is 257 g/mol. The van der Waals surface area contributed by atoms with Gasteiger partial charge in [-0.25, -0.2) is 0 Å². The van der Waals surface area contributed by atoms with Crippen LogP contribution in [0.15, 0.2) is 42.9 Å². The second-order valence-electron chi connectivity index (χ2n) is 4.43. The standard InChI is InChI=1S/C15H19N3O/c1-12(15-11-17-9-10-18-15)19-14-6-4-13(5-7-14)3-2-8-16/h4-7,9-12H,2-3,8,16H2,1H3. The zero-order valence-corrected chi connectivity index (χ0v) is 11.1. The molecule has 0 saturated heterocycles. The smallest absolute Gasteiger partial charge is 0.139 e. The minimum atomic E-state index is -0.108. The van der Waals surface area contributed by atoms with Gasteiger partial charge in [0.05, 0.1) is 11.9 Å². The molecule has 0 spiro atoms. The van der Waals surface area contributed by atoms with Crippen molar-refractivity contribution < 1.29 is 4.74 Å². The molecular formula is C15H19N3O. The number of aromatic nitrogens is 2. The Bertz CT molecular complexity index is 485. The number of aryl methyl sites for hydroxylation is 1. The fourth-order valence-corrected chi connectivity index (χ4v) is 1.83. The lowest BCUT2D eigenvalue weighted by Gasteiger charge is -2.14. The van der Waals surface area contributed by atoms with Crippen LogP contribution in [-0.2, 0) is 6.42 Å². The number of nitrogens with zero attached hydrogens (tertiary/aromatic N) is 2. The summed E-state index contributed by atoms with van der Waals surface area (Å²) < 4.78 is 5.83. The van der Waals surface area contributed by atoms with E-state index in [2.05, 4.69) is 22.1 Å². The molecule has 0 saturated carbocycles. The third-order valence-electron chi connectivity index (χ3n) is 2.91. The first-order valence-electron chi connectivity index (χ1n) is 6.51. The van der Waals surface area contributed by atoms with Crippen LogP contribution >= 0.6 is 0 Å². The van der Waals surface area contributed by atoms with E-state index in [9.17, 15) is 0 Å². The summed E-state index contributed by atoms with van der Waals surface area (Å²) in [6.07, 6.45) is 6.96. The van der Waals surface area contributed by atoms with Gasteiger partial charge in [0.2, 0.25) is 0 Å². The third-order valence-corrected chi connectivity index (χ3v) is 2.91. The predicted molar refractivity (Wildman–Crippen MR) is 74.9 cm³/mol. The molecule has 0 amide bonds. The van der Waals surface area contributed by atoms with Crippen molar-refractivity contribution in [1.29, 1.82) is 0 Å². The molecule has 2 aromatic rings. The molecule has 0 fully saturated rings. The van der Waals surface area contributed by atoms with E-state index >= 15 is 0 Å². The minimum Gasteiger partial charge on any atom is -0.484 e. The summed E-state index contributed by atoms with van der Waals surface area (Å²) in [5.74, 6) is 0.842. The number of hydrogen-bond acceptors (Lipinski definition) is 4. The molecule has 4 heteroatoms. The third kappa shape index (κ3) is 4.03. The maximum atomic E-state index is 5.83. The highest BCUT2D eigenvalue weighted by Crippen LogP contribution is 2.20. The number of rotatable bonds is 6. The van der Waals surface area contributed by atoms with Gasteiger partial charge in [-0.15, -0.1) is 0 Å². The van der Waals surface area contributed by atoms with Crippen LogP contribution in [0.25, 0.3) is 0 Å². The quantitative estimate of drug-likeness (QED) is 0.863. The number of hydrogen-bond donors (Lipinski definition) is 1. The lowest BCUT2D eigenvalue weighted by atomic mass is 10.1.